The monoisotopic (exact) mass is 389 g/mol. The van der Waals surface area contributed by atoms with Crippen molar-refractivity contribution in [3.63, 3.8) is 0 Å². The van der Waals surface area contributed by atoms with E-state index < -0.39 is 0 Å². The Labute approximate surface area is 150 Å². The number of rotatable bonds is 4. The lowest BCUT2D eigenvalue weighted by Gasteiger charge is -2.34. The van der Waals surface area contributed by atoms with Crippen LogP contribution in [0.3, 0.4) is 0 Å². The van der Waals surface area contributed by atoms with Gasteiger partial charge in [-0.2, -0.15) is 0 Å². The maximum absolute atomic E-state index is 12.7. The molecule has 1 saturated heterocycles. The minimum absolute atomic E-state index is 0.153. The van der Waals surface area contributed by atoms with Crippen LogP contribution in [0.25, 0.3) is 0 Å². The number of anilines is 2. The van der Waals surface area contributed by atoms with Gasteiger partial charge in [0.25, 0.3) is 5.91 Å². The van der Waals surface area contributed by atoms with Gasteiger partial charge >= 0.3 is 0 Å². The smallest absolute Gasteiger partial charge is 0.259 e. The standard InChI is InChI=1S/C18H20BrN3O2/c1-2-15-12-22(10-11-24-15)17-16(4-3-9-20-17)18(23)21-14-7-5-13(19)6-8-14/h3-9,15H,2,10-12H2,1H3,(H,21,23). The van der Waals surface area contributed by atoms with Gasteiger partial charge in [0, 0.05) is 29.4 Å². The molecule has 1 aromatic carbocycles. The summed E-state index contributed by atoms with van der Waals surface area (Å²) in [6, 6.07) is 11.1. The summed E-state index contributed by atoms with van der Waals surface area (Å²) in [4.78, 5) is 19.3. The van der Waals surface area contributed by atoms with Gasteiger partial charge in [-0.15, -0.1) is 0 Å². The van der Waals surface area contributed by atoms with E-state index in [1.54, 1.807) is 12.3 Å². The molecular weight excluding hydrogens is 370 g/mol. The highest BCUT2D eigenvalue weighted by atomic mass is 79.9. The molecule has 1 aromatic heterocycles. The number of hydrogen-bond acceptors (Lipinski definition) is 4. The number of carbonyl (C=O) groups excluding carboxylic acids is 1. The Balaban J connectivity index is 1.80. The van der Waals surface area contributed by atoms with Crippen LogP contribution in [0.15, 0.2) is 47.1 Å². The molecule has 2 heterocycles. The van der Waals surface area contributed by atoms with E-state index in [1.165, 1.54) is 0 Å². The van der Waals surface area contributed by atoms with Crippen LogP contribution in [-0.2, 0) is 4.74 Å². The van der Waals surface area contributed by atoms with Gasteiger partial charge in [0.2, 0.25) is 0 Å². The molecule has 1 unspecified atom stereocenters. The van der Waals surface area contributed by atoms with Crippen LogP contribution in [0.5, 0.6) is 0 Å². The van der Waals surface area contributed by atoms with Crippen LogP contribution in [-0.4, -0.2) is 36.7 Å². The number of ether oxygens (including phenoxy) is 1. The Morgan fingerprint density at radius 2 is 2.17 bits per heavy atom. The zero-order valence-corrected chi connectivity index (χ0v) is 15.1. The van der Waals surface area contributed by atoms with E-state index in [9.17, 15) is 4.79 Å². The van der Waals surface area contributed by atoms with Crippen LogP contribution in [0.4, 0.5) is 11.5 Å². The van der Waals surface area contributed by atoms with Crippen LogP contribution in [0.2, 0.25) is 0 Å². The molecule has 3 rings (SSSR count). The zero-order valence-electron chi connectivity index (χ0n) is 13.5. The molecule has 1 aliphatic heterocycles. The van der Waals surface area contributed by atoms with Crippen molar-refractivity contribution in [2.45, 2.75) is 19.4 Å². The summed E-state index contributed by atoms with van der Waals surface area (Å²) in [6.07, 6.45) is 2.86. The summed E-state index contributed by atoms with van der Waals surface area (Å²) in [5.41, 5.74) is 1.34. The Morgan fingerprint density at radius 3 is 2.92 bits per heavy atom. The number of benzene rings is 1. The van der Waals surface area contributed by atoms with E-state index in [4.69, 9.17) is 4.74 Å². The lowest BCUT2D eigenvalue weighted by atomic mass is 10.1. The minimum Gasteiger partial charge on any atom is -0.375 e. The van der Waals surface area contributed by atoms with Crippen molar-refractivity contribution >= 4 is 33.3 Å². The SMILES string of the molecule is CCC1CN(c2ncccc2C(=O)Nc2ccc(Br)cc2)CCO1. The first-order chi connectivity index (χ1) is 11.7. The van der Waals surface area contributed by atoms with Gasteiger partial charge in [-0.05, 0) is 42.8 Å². The molecule has 1 aliphatic rings. The predicted octanol–water partition coefficient (Wildman–Crippen LogP) is 3.71. The lowest BCUT2D eigenvalue weighted by Crippen LogP contribution is -2.43. The third kappa shape index (κ3) is 3.94. The van der Waals surface area contributed by atoms with Gasteiger partial charge in [-0.1, -0.05) is 22.9 Å². The second kappa shape index (κ2) is 7.77. The third-order valence-corrected chi connectivity index (χ3v) is 4.56. The number of nitrogens with zero attached hydrogens (tertiary/aromatic N) is 2. The van der Waals surface area contributed by atoms with Gasteiger partial charge in [0.1, 0.15) is 5.82 Å². The van der Waals surface area contributed by atoms with Gasteiger partial charge in [-0.3, -0.25) is 4.79 Å². The average Bonchev–Trinajstić information content (AvgIpc) is 2.63. The molecule has 1 N–H and O–H groups in total. The van der Waals surface area contributed by atoms with Crippen LogP contribution < -0.4 is 10.2 Å². The normalized spacial score (nSPS) is 17.6. The molecule has 1 fully saturated rings. The largest absolute Gasteiger partial charge is 0.375 e. The number of amides is 1. The van der Waals surface area contributed by atoms with E-state index in [0.29, 0.717) is 18.0 Å². The van der Waals surface area contributed by atoms with Gasteiger partial charge in [-0.25, -0.2) is 4.98 Å². The van der Waals surface area contributed by atoms with Crippen molar-refractivity contribution in [1.29, 1.82) is 0 Å². The molecule has 2 aromatic rings. The zero-order chi connectivity index (χ0) is 16.9. The van der Waals surface area contributed by atoms with E-state index in [-0.39, 0.29) is 12.0 Å². The summed E-state index contributed by atoms with van der Waals surface area (Å²) >= 11 is 3.39. The first-order valence-electron chi connectivity index (χ1n) is 8.06. The molecule has 6 heteroatoms. The van der Waals surface area contributed by atoms with Gasteiger partial charge < -0.3 is 15.0 Å². The molecule has 24 heavy (non-hydrogen) atoms. The first-order valence-corrected chi connectivity index (χ1v) is 8.85. The number of morpholine rings is 1. The van der Waals surface area contributed by atoms with Crippen molar-refractivity contribution in [3.05, 3.63) is 52.6 Å². The summed E-state index contributed by atoms with van der Waals surface area (Å²) in [5, 5.41) is 2.93. The first kappa shape index (κ1) is 16.9. The molecule has 126 valence electrons. The third-order valence-electron chi connectivity index (χ3n) is 4.03. The summed E-state index contributed by atoms with van der Waals surface area (Å²) in [7, 11) is 0. The molecule has 0 saturated carbocycles. The van der Waals surface area contributed by atoms with E-state index in [2.05, 4.69) is 38.1 Å². The number of aromatic nitrogens is 1. The Hall–Kier alpha value is -1.92. The van der Waals surface area contributed by atoms with Gasteiger partial charge in [0.05, 0.1) is 18.3 Å². The second-order valence-corrected chi connectivity index (χ2v) is 6.60. The predicted molar refractivity (Wildman–Crippen MR) is 98.6 cm³/mol. The molecule has 5 nitrogen and oxygen atoms in total. The van der Waals surface area contributed by atoms with Crippen molar-refractivity contribution in [3.8, 4) is 0 Å². The Bertz CT molecular complexity index is 706. The molecule has 0 spiro atoms. The topological polar surface area (TPSA) is 54.5 Å². The van der Waals surface area contributed by atoms with Crippen LogP contribution in [0, 0.1) is 0 Å². The fourth-order valence-electron chi connectivity index (χ4n) is 2.72. The number of pyridine rings is 1. The van der Waals surface area contributed by atoms with E-state index in [0.717, 1.165) is 29.7 Å². The van der Waals surface area contributed by atoms with E-state index >= 15 is 0 Å². The fraction of sp³-hybridized carbons (Fsp3) is 0.333. The molecule has 0 aliphatic carbocycles. The highest BCUT2D eigenvalue weighted by Gasteiger charge is 2.24. The molecule has 0 bridgehead atoms. The fourth-order valence-corrected chi connectivity index (χ4v) is 2.98. The van der Waals surface area contributed by atoms with Crippen molar-refractivity contribution in [1.82, 2.24) is 4.98 Å². The minimum atomic E-state index is -0.153. The maximum Gasteiger partial charge on any atom is 0.259 e. The molecular formula is C18H20BrN3O2. The summed E-state index contributed by atoms with van der Waals surface area (Å²) < 4.78 is 6.69. The average molecular weight is 390 g/mol. The van der Waals surface area contributed by atoms with E-state index in [1.807, 2.05) is 30.3 Å². The number of nitrogens with one attached hydrogen (secondary N) is 1. The second-order valence-electron chi connectivity index (χ2n) is 5.68. The number of carbonyl (C=O) groups is 1. The maximum atomic E-state index is 12.7. The van der Waals surface area contributed by atoms with Crippen LogP contribution >= 0.6 is 15.9 Å². The lowest BCUT2D eigenvalue weighted by molar-refractivity contribution is 0.0381. The van der Waals surface area contributed by atoms with Crippen molar-refractivity contribution < 1.29 is 9.53 Å². The molecule has 0 radical (unpaired) electrons. The summed E-state index contributed by atoms with van der Waals surface area (Å²) in [6.45, 7) is 4.26. The number of halogens is 1. The highest BCUT2D eigenvalue weighted by Crippen LogP contribution is 2.22. The molecule has 1 amide bonds. The summed E-state index contributed by atoms with van der Waals surface area (Å²) in [5.74, 6) is 0.564. The Morgan fingerprint density at radius 1 is 1.38 bits per heavy atom. The van der Waals surface area contributed by atoms with Crippen molar-refractivity contribution in [2.75, 3.05) is 29.9 Å². The molecule has 1 atom stereocenters. The number of hydrogen-bond donors (Lipinski definition) is 1. The van der Waals surface area contributed by atoms with Gasteiger partial charge in [0.15, 0.2) is 0 Å². The Kier molecular flexibility index (Phi) is 5.48. The van der Waals surface area contributed by atoms with Crippen LogP contribution in [0.1, 0.15) is 23.7 Å². The highest BCUT2D eigenvalue weighted by molar-refractivity contribution is 9.10. The van der Waals surface area contributed by atoms with Crippen molar-refractivity contribution in [2.24, 2.45) is 0 Å². The quantitative estimate of drug-likeness (QED) is 0.865.